The van der Waals surface area contributed by atoms with Crippen LogP contribution in [0.2, 0.25) is 0 Å². The molecule has 0 aromatic heterocycles. The Hall–Kier alpha value is -0.0900. The lowest BCUT2D eigenvalue weighted by Crippen LogP contribution is -2.33. The molecule has 1 fully saturated rings. The predicted molar refractivity (Wildman–Crippen MR) is 52.5 cm³/mol. The molecule has 1 amide bonds. The van der Waals surface area contributed by atoms with Gasteiger partial charge < -0.3 is 10.2 Å². The number of hydrogen-bond donors (Lipinski definition) is 1. The van der Waals surface area contributed by atoms with E-state index < -0.39 is 0 Å². The number of alkyl halides is 1. The number of likely N-dealkylation sites (tertiary alicyclic amines) is 1. The van der Waals surface area contributed by atoms with E-state index in [2.05, 4.69) is 28.2 Å². The molecule has 1 unspecified atom stereocenters. The molecule has 3 nitrogen and oxygen atoms in total. The van der Waals surface area contributed by atoms with Crippen molar-refractivity contribution in [3.8, 4) is 0 Å². The van der Waals surface area contributed by atoms with Crippen LogP contribution in [0.3, 0.4) is 0 Å². The van der Waals surface area contributed by atoms with E-state index in [1.165, 1.54) is 0 Å². The number of carbonyl (C=O) groups is 1. The van der Waals surface area contributed by atoms with E-state index in [4.69, 9.17) is 0 Å². The van der Waals surface area contributed by atoms with Gasteiger partial charge in [-0.15, -0.1) is 0 Å². The first-order valence-electron chi connectivity index (χ1n) is 4.36. The van der Waals surface area contributed by atoms with Gasteiger partial charge in [-0.1, -0.05) is 22.9 Å². The summed E-state index contributed by atoms with van der Waals surface area (Å²) in [5, 5.41) is 3.20. The summed E-state index contributed by atoms with van der Waals surface area (Å²) >= 11 is 3.45. The number of carbonyl (C=O) groups excluding carboxylic acids is 1. The van der Waals surface area contributed by atoms with Crippen molar-refractivity contribution in [3.05, 3.63) is 0 Å². The lowest BCUT2D eigenvalue weighted by atomic mass is 10.4. The minimum Gasteiger partial charge on any atom is -0.340 e. The Balaban J connectivity index is 2.19. The second-order valence-electron chi connectivity index (χ2n) is 2.99. The van der Waals surface area contributed by atoms with E-state index in [-0.39, 0.29) is 5.91 Å². The summed E-state index contributed by atoms with van der Waals surface area (Å²) in [4.78, 5) is 13.5. The summed E-state index contributed by atoms with van der Waals surface area (Å²) in [5.41, 5.74) is 0. The molecule has 1 aliphatic rings. The van der Waals surface area contributed by atoms with Gasteiger partial charge in [0, 0.05) is 30.9 Å². The quantitative estimate of drug-likeness (QED) is 0.571. The zero-order valence-electron chi connectivity index (χ0n) is 7.35. The standard InChI is InChI=1S/C8H15BrN2O/c1-2-10-3-4-11-6-7(9)5-8(11)12/h7,10H,2-6H2,1H3. The SMILES string of the molecule is CCNCCN1CC(Br)CC1=O. The number of halogens is 1. The van der Waals surface area contributed by atoms with Gasteiger partial charge in [-0.05, 0) is 6.54 Å². The topological polar surface area (TPSA) is 32.3 Å². The molecule has 0 aromatic carbocycles. The maximum atomic E-state index is 11.2. The van der Waals surface area contributed by atoms with Gasteiger partial charge in [0.15, 0.2) is 0 Å². The molecule has 0 bridgehead atoms. The molecule has 1 saturated heterocycles. The lowest BCUT2D eigenvalue weighted by molar-refractivity contribution is -0.127. The number of nitrogens with one attached hydrogen (secondary N) is 1. The fourth-order valence-corrected chi connectivity index (χ4v) is 1.96. The van der Waals surface area contributed by atoms with Crippen molar-refractivity contribution in [1.82, 2.24) is 10.2 Å². The highest BCUT2D eigenvalue weighted by atomic mass is 79.9. The van der Waals surface area contributed by atoms with Crippen molar-refractivity contribution in [1.29, 1.82) is 0 Å². The van der Waals surface area contributed by atoms with Gasteiger partial charge in [-0.2, -0.15) is 0 Å². The molecular formula is C8H15BrN2O. The molecule has 4 heteroatoms. The van der Waals surface area contributed by atoms with E-state index in [9.17, 15) is 4.79 Å². The molecule has 0 spiro atoms. The van der Waals surface area contributed by atoms with Crippen molar-refractivity contribution in [2.75, 3.05) is 26.2 Å². The number of likely N-dealkylation sites (N-methyl/N-ethyl adjacent to an activating group) is 1. The van der Waals surface area contributed by atoms with E-state index in [0.717, 1.165) is 26.2 Å². The van der Waals surface area contributed by atoms with Crippen molar-refractivity contribution in [2.24, 2.45) is 0 Å². The summed E-state index contributed by atoms with van der Waals surface area (Å²) in [5.74, 6) is 0.273. The predicted octanol–water partition coefficient (Wildman–Crippen LogP) is 0.592. The number of nitrogens with zero attached hydrogens (tertiary/aromatic N) is 1. The van der Waals surface area contributed by atoms with Gasteiger partial charge in [0.2, 0.25) is 5.91 Å². The van der Waals surface area contributed by atoms with Crippen LogP contribution in [-0.4, -0.2) is 41.8 Å². The lowest BCUT2D eigenvalue weighted by Gasteiger charge is -2.15. The maximum absolute atomic E-state index is 11.2. The molecule has 1 N–H and O–H groups in total. The first kappa shape index (κ1) is 9.99. The molecular weight excluding hydrogens is 220 g/mol. The minimum absolute atomic E-state index is 0.273. The number of hydrogen-bond acceptors (Lipinski definition) is 2. The Kier molecular flexibility index (Phi) is 4.01. The molecule has 12 heavy (non-hydrogen) atoms. The third-order valence-electron chi connectivity index (χ3n) is 1.98. The molecule has 70 valence electrons. The average Bonchev–Trinajstić information content (AvgIpc) is 2.31. The Morgan fingerprint density at radius 1 is 1.75 bits per heavy atom. The number of amides is 1. The van der Waals surface area contributed by atoms with Crippen molar-refractivity contribution in [2.45, 2.75) is 18.2 Å². The summed E-state index contributed by atoms with van der Waals surface area (Å²) in [6.45, 7) is 5.65. The van der Waals surface area contributed by atoms with Crippen LogP contribution in [0.25, 0.3) is 0 Å². The fourth-order valence-electron chi connectivity index (χ4n) is 1.33. The molecule has 0 saturated carbocycles. The van der Waals surface area contributed by atoms with Crippen LogP contribution in [0.5, 0.6) is 0 Å². The van der Waals surface area contributed by atoms with Gasteiger partial charge >= 0.3 is 0 Å². The van der Waals surface area contributed by atoms with E-state index in [1.807, 2.05) is 4.90 Å². The fraction of sp³-hybridized carbons (Fsp3) is 0.875. The third-order valence-corrected chi connectivity index (χ3v) is 2.59. The molecule has 0 aliphatic carbocycles. The number of rotatable bonds is 4. The molecule has 0 radical (unpaired) electrons. The summed E-state index contributed by atoms with van der Waals surface area (Å²) < 4.78 is 0. The van der Waals surface area contributed by atoms with Crippen LogP contribution >= 0.6 is 15.9 Å². The average molecular weight is 235 g/mol. The van der Waals surface area contributed by atoms with Crippen LogP contribution in [-0.2, 0) is 4.79 Å². The summed E-state index contributed by atoms with van der Waals surface area (Å²) in [6, 6.07) is 0. The maximum Gasteiger partial charge on any atom is 0.223 e. The first-order chi connectivity index (χ1) is 5.74. The first-order valence-corrected chi connectivity index (χ1v) is 5.28. The summed E-state index contributed by atoms with van der Waals surface area (Å²) in [6.07, 6.45) is 0.659. The highest BCUT2D eigenvalue weighted by Crippen LogP contribution is 2.16. The third kappa shape index (κ3) is 2.75. The Morgan fingerprint density at radius 2 is 2.50 bits per heavy atom. The van der Waals surface area contributed by atoms with Crippen LogP contribution in [0.4, 0.5) is 0 Å². The van der Waals surface area contributed by atoms with E-state index >= 15 is 0 Å². The molecule has 1 atom stereocenters. The van der Waals surface area contributed by atoms with Crippen molar-refractivity contribution >= 4 is 21.8 Å². The van der Waals surface area contributed by atoms with Gasteiger partial charge in [0.1, 0.15) is 0 Å². The van der Waals surface area contributed by atoms with Gasteiger partial charge in [-0.3, -0.25) is 4.79 Å². The van der Waals surface area contributed by atoms with Gasteiger partial charge in [0.05, 0.1) is 0 Å². The van der Waals surface area contributed by atoms with Crippen LogP contribution < -0.4 is 5.32 Å². The largest absolute Gasteiger partial charge is 0.340 e. The smallest absolute Gasteiger partial charge is 0.223 e. The second kappa shape index (κ2) is 4.82. The van der Waals surface area contributed by atoms with Crippen LogP contribution in [0.15, 0.2) is 0 Å². The van der Waals surface area contributed by atoms with E-state index in [1.54, 1.807) is 0 Å². The Morgan fingerprint density at radius 3 is 3.00 bits per heavy atom. The highest BCUT2D eigenvalue weighted by molar-refractivity contribution is 9.09. The Labute approximate surface area is 81.6 Å². The Bertz CT molecular complexity index is 163. The molecule has 1 aliphatic heterocycles. The van der Waals surface area contributed by atoms with Crippen LogP contribution in [0, 0.1) is 0 Å². The summed E-state index contributed by atoms with van der Waals surface area (Å²) in [7, 11) is 0. The highest BCUT2D eigenvalue weighted by Gasteiger charge is 2.26. The minimum atomic E-state index is 0.273. The zero-order valence-corrected chi connectivity index (χ0v) is 8.93. The van der Waals surface area contributed by atoms with Gasteiger partial charge in [0.25, 0.3) is 0 Å². The molecule has 1 heterocycles. The molecule has 0 aromatic rings. The second-order valence-corrected chi connectivity index (χ2v) is 4.29. The van der Waals surface area contributed by atoms with Crippen LogP contribution in [0.1, 0.15) is 13.3 Å². The normalized spacial score (nSPS) is 23.7. The van der Waals surface area contributed by atoms with Gasteiger partial charge in [-0.25, -0.2) is 0 Å². The van der Waals surface area contributed by atoms with Crippen molar-refractivity contribution < 1.29 is 4.79 Å². The van der Waals surface area contributed by atoms with E-state index in [0.29, 0.717) is 11.2 Å². The monoisotopic (exact) mass is 234 g/mol. The zero-order chi connectivity index (χ0) is 8.97. The van der Waals surface area contributed by atoms with Crippen molar-refractivity contribution in [3.63, 3.8) is 0 Å². The molecule has 1 rings (SSSR count).